The van der Waals surface area contributed by atoms with E-state index in [-0.39, 0.29) is 11.9 Å². The lowest BCUT2D eigenvalue weighted by molar-refractivity contribution is -0.123. The second-order valence-corrected chi connectivity index (χ2v) is 7.67. The summed E-state index contributed by atoms with van der Waals surface area (Å²) in [5.74, 6) is 1.81. The molecule has 6 heteroatoms. The van der Waals surface area contributed by atoms with E-state index in [1.165, 1.54) is 0 Å². The van der Waals surface area contributed by atoms with Crippen molar-refractivity contribution in [3.63, 3.8) is 0 Å². The van der Waals surface area contributed by atoms with E-state index < -0.39 is 5.54 Å². The van der Waals surface area contributed by atoms with Gasteiger partial charge in [-0.25, -0.2) is 0 Å². The number of carbonyl (C=O) groups is 1. The Morgan fingerprint density at radius 1 is 1.31 bits per heavy atom. The maximum Gasteiger partial charge on any atom is 0.235 e. The van der Waals surface area contributed by atoms with Crippen molar-refractivity contribution >= 4 is 5.91 Å². The van der Waals surface area contributed by atoms with E-state index >= 15 is 0 Å². The maximum absolute atomic E-state index is 12.6. The SMILES string of the molecule is C[C@@](C#N)(NC(=O)CN1CCC[C@@H]1c1ccc2c(c1)OCCO2)C1CC1. The van der Waals surface area contributed by atoms with Crippen LogP contribution in [0, 0.1) is 17.2 Å². The largest absolute Gasteiger partial charge is 0.486 e. The third-order valence-corrected chi connectivity index (χ3v) is 5.69. The predicted octanol–water partition coefficient (Wildman–Crippen LogP) is 2.40. The molecular formula is C20H25N3O3. The Morgan fingerprint density at radius 2 is 2.08 bits per heavy atom. The molecule has 0 radical (unpaired) electrons. The number of rotatable bonds is 5. The number of nitriles is 1. The first-order valence-corrected chi connectivity index (χ1v) is 9.45. The first-order valence-electron chi connectivity index (χ1n) is 9.45. The highest BCUT2D eigenvalue weighted by Crippen LogP contribution is 2.40. The Kier molecular flexibility index (Phi) is 4.49. The van der Waals surface area contributed by atoms with Crippen LogP contribution in [0.4, 0.5) is 0 Å². The van der Waals surface area contributed by atoms with Crippen molar-refractivity contribution in [1.82, 2.24) is 10.2 Å². The molecule has 26 heavy (non-hydrogen) atoms. The molecule has 1 aliphatic carbocycles. The molecule has 2 heterocycles. The van der Waals surface area contributed by atoms with Crippen molar-refractivity contribution in [3.8, 4) is 17.6 Å². The number of ether oxygens (including phenoxy) is 2. The molecule has 0 unspecified atom stereocenters. The standard InChI is InChI=1S/C20H25N3O3/c1-20(13-21,15-5-6-15)22-19(24)12-23-8-2-3-16(23)14-4-7-17-18(11-14)26-10-9-25-17/h4,7,11,15-16H,2-3,5-6,8-10,12H2,1H3,(H,22,24)/t16-,20+/m1/s1. The molecule has 1 aromatic carbocycles. The van der Waals surface area contributed by atoms with Gasteiger partial charge in [0.15, 0.2) is 11.5 Å². The zero-order chi connectivity index (χ0) is 18.1. The number of fused-ring (bicyclic) bond motifs is 1. The van der Waals surface area contributed by atoms with Crippen molar-refractivity contribution in [1.29, 1.82) is 5.26 Å². The van der Waals surface area contributed by atoms with Gasteiger partial charge in [-0.1, -0.05) is 6.07 Å². The van der Waals surface area contributed by atoms with Gasteiger partial charge in [0.25, 0.3) is 0 Å². The highest BCUT2D eigenvalue weighted by atomic mass is 16.6. The van der Waals surface area contributed by atoms with Crippen LogP contribution in [0.1, 0.15) is 44.2 Å². The summed E-state index contributed by atoms with van der Waals surface area (Å²) in [4.78, 5) is 14.8. The van der Waals surface area contributed by atoms with Crippen LogP contribution < -0.4 is 14.8 Å². The Hall–Kier alpha value is -2.26. The second-order valence-electron chi connectivity index (χ2n) is 7.67. The summed E-state index contributed by atoms with van der Waals surface area (Å²) in [6.07, 6.45) is 4.12. The van der Waals surface area contributed by atoms with Crippen LogP contribution in [-0.2, 0) is 4.79 Å². The van der Waals surface area contributed by atoms with Crippen LogP contribution in [0.3, 0.4) is 0 Å². The Balaban J connectivity index is 1.43. The molecular weight excluding hydrogens is 330 g/mol. The topological polar surface area (TPSA) is 74.6 Å². The van der Waals surface area contributed by atoms with Gasteiger partial charge in [0.1, 0.15) is 18.8 Å². The molecule has 1 saturated heterocycles. The number of amides is 1. The maximum atomic E-state index is 12.6. The summed E-state index contributed by atoms with van der Waals surface area (Å²) in [5.41, 5.74) is 0.424. The monoisotopic (exact) mass is 355 g/mol. The predicted molar refractivity (Wildman–Crippen MR) is 95.9 cm³/mol. The number of nitrogens with one attached hydrogen (secondary N) is 1. The van der Waals surface area contributed by atoms with Crippen LogP contribution in [0.25, 0.3) is 0 Å². The lowest BCUT2D eigenvalue weighted by atomic mass is 9.98. The fourth-order valence-corrected chi connectivity index (χ4v) is 4.06. The molecule has 1 aromatic rings. The van der Waals surface area contributed by atoms with Gasteiger partial charge >= 0.3 is 0 Å². The van der Waals surface area contributed by atoms with Crippen LogP contribution >= 0.6 is 0 Å². The molecule has 0 spiro atoms. The molecule has 1 N–H and O–H groups in total. The zero-order valence-corrected chi connectivity index (χ0v) is 15.2. The van der Waals surface area contributed by atoms with Gasteiger partial charge in [0.05, 0.1) is 12.6 Å². The lowest BCUT2D eigenvalue weighted by Crippen LogP contribution is -2.50. The van der Waals surface area contributed by atoms with E-state index in [2.05, 4.69) is 22.4 Å². The molecule has 2 fully saturated rings. The zero-order valence-electron chi connectivity index (χ0n) is 15.2. The number of hydrogen-bond donors (Lipinski definition) is 1. The van der Waals surface area contributed by atoms with E-state index in [1.807, 2.05) is 19.1 Å². The number of hydrogen-bond acceptors (Lipinski definition) is 5. The third kappa shape index (κ3) is 3.36. The molecule has 3 aliphatic rings. The molecule has 1 saturated carbocycles. The second kappa shape index (κ2) is 6.81. The van der Waals surface area contributed by atoms with E-state index in [1.54, 1.807) is 0 Å². The molecule has 2 aliphatic heterocycles. The molecule has 0 bridgehead atoms. The van der Waals surface area contributed by atoms with Gasteiger partial charge in [-0.05, 0) is 62.8 Å². The number of benzene rings is 1. The summed E-state index contributed by atoms with van der Waals surface area (Å²) in [6.45, 7) is 4.20. The van der Waals surface area contributed by atoms with Crippen molar-refractivity contribution in [3.05, 3.63) is 23.8 Å². The lowest BCUT2D eigenvalue weighted by Gasteiger charge is -2.28. The van der Waals surface area contributed by atoms with Gasteiger partial charge in [-0.15, -0.1) is 0 Å². The average Bonchev–Trinajstić information content (AvgIpc) is 3.42. The van der Waals surface area contributed by atoms with Gasteiger partial charge in [-0.3, -0.25) is 9.69 Å². The highest BCUT2D eigenvalue weighted by molar-refractivity contribution is 5.79. The van der Waals surface area contributed by atoms with Gasteiger partial charge in [-0.2, -0.15) is 5.26 Å². The Labute approximate surface area is 154 Å². The minimum absolute atomic E-state index is 0.0645. The summed E-state index contributed by atoms with van der Waals surface area (Å²) in [5, 5.41) is 12.4. The minimum atomic E-state index is -0.733. The highest BCUT2D eigenvalue weighted by Gasteiger charge is 2.43. The Bertz CT molecular complexity index is 740. The van der Waals surface area contributed by atoms with Gasteiger partial charge < -0.3 is 14.8 Å². The van der Waals surface area contributed by atoms with Crippen LogP contribution in [0.5, 0.6) is 11.5 Å². The molecule has 2 atom stereocenters. The number of nitrogens with zero attached hydrogens (tertiary/aromatic N) is 2. The number of carbonyl (C=O) groups excluding carboxylic acids is 1. The fourth-order valence-electron chi connectivity index (χ4n) is 4.06. The van der Waals surface area contributed by atoms with Crippen molar-refractivity contribution in [2.75, 3.05) is 26.3 Å². The smallest absolute Gasteiger partial charge is 0.235 e. The van der Waals surface area contributed by atoms with Crippen LogP contribution in [0.15, 0.2) is 18.2 Å². The third-order valence-electron chi connectivity index (χ3n) is 5.69. The van der Waals surface area contributed by atoms with Crippen molar-refractivity contribution in [2.45, 2.75) is 44.2 Å². The summed E-state index contributed by atoms with van der Waals surface area (Å²) in [6, 6.07) is 8.56. The van der Waals surface area contributed by atoms with Crippen LogP contribution in [-0.4, -0.2) is 42.6 Å². The van der Waals surface area contributed by atoms with E-state index in [0.29, 0.717) is 25.7 Å². The summed E-state index contributed by atoms with van der Waals surface area (Å²) >= 11 is 0. The van der Waals surface area contributed by atoms with Crippen LogP contribution in [0.2, 0.25) is 0 Å². The van der Waals surface area contributed by atoms with Crippen molar-refractivity contribution in [2.24, 2.45) is 5.92 Å². The summed E-state index contributed by atoms with van der Waals surface area (Å²) < 4.78 is 11.3. The first-order chi connectivity index (χ1) is 12.6. The first kappa shape index (κ1) is 17.2. The molecule has 4 rings (SSSR count). The Morgan fingerprint density at radius 3 is 2.81 bits per heavy atom. The summed E-state index contributed by atoms with van der Waals surface area (Å²) in [7, 11) is 0. The number of likely N-dealkylation sites (tertiary alicyclic amines) is 1. The van der Waals surface area contributed by atoms with Gasteiger partial charge in [0, 0.05) is 6.04 Å². The normalized spacial score (nSPS) is 24.5. The quantitative estimate of drug-likeness (QED) is 0.878. The molecule has 138 valence electrons. The van der Waals surface area contributed by atoms with E-state index in [9.17, 15) is 10.1 Å². The van der Waals surface area contributed by atoms with Gasteiger partial charge in [0.2, 0.25) is 5.91 Å². The van der Waals surface area contributed by atoms with Crippen molar-refractivity contribution < 1.29 is 14.3 Å². The molecule has 1 amide bonds. The molecule has 0 aromatic heterocycles. The molecule has 6 nitrogen and oxygen atoms in total. The fraction of sp³-hybridized carbons (Fsp3) is 0.600. The van der Waals surface area contributed by atoms with E-state index in [0.717, 1.165) is 49.3 Å². The minimum Gasteiger partial charge on any atom is -0.486 e. The van der Waals surface area contributed by atoms with E-state index in [4.69, 9.17) is 9.47 Å². The average molecular weight is 355 g/mol.